The van der Waals surface area contributed by atoms with Gasteiger partial charge in [0.2, 0.25) is 5.88 Å². The fraction of sp³-hybridized carbons (Fsp3) is 0.375. The molecule has 3 heteroatoms. The molecule has 0 radical (unpaired) electrons. The average Bonchev–Trinajstić information content (AvgIpc) is 2.04. The molecule has 2 rings (SSSR count). The van der Waals surface area contributed by atoms with Crippen LogP contribution in [0.1, 0.15) is 6.92 Å². The van der Waals surface area contributed by atoms with Gasteiger partial charge in [0, 0.05) is 6.20 Å². The van der Waals surface area contributed by atoms with Crippen molar-refractivity contribution in [2.75, 3.05) is 11.9 Å². The Hall–Kier alpha value is -1.25. The molecule has 0 aromatic carbocycles. The van der Waals surface area contributed by atoms with Gasteiger partial charge in [-0.1, -0.05) is 0 Å². The van der Waals surface area contributed by atoms with Crippen LogP contribution in [0.2, 0.25) is 0 Å². The predicted octanol–water partition coefficient (Wildman–Crippen LogP) is 1.27. The third-order valence-electron chi connectivity index (χ3n) is 1.66. The summed E-state index contributed by atoms with van der Waals surface area (Å²) in [6, 6.07) is 3.86. The van der Waals surface area contributed by atoms with Crippen molar-refractivity contribution in [3.63, 3.8) is 0 Å². The maximum absolute atomic E-state index is 5.46. The van der Waals surface area contributed by atoms with E-state index >= 15 is 0 Å². The fourth-order valence-electron chi connectivity index (χ4n) is 1.11. The second-order valence-electron chi connectivity index (χ2n) is 2.67. The summed E-state index contributed by atoms with van der Waals surface area (Å²) in [4.78, 5) is 4.08. The van der Waals surface area contributed by atoms with Crippen LogP contribution in [0.3, 0.4) is 0 Å². The van der Waals surface area contributed by atoms with E-state index in [1.165, 1.54) is 0 Å². The standard InChI is InChI=1S/C8H10N2O/c1-6-5-10-7-3-2-4-9-8(7)11-6/h2-4,6,10H,5H2,1H3/t6-/m1/s1. The summed E-state index contributed by atoms with van der Waals surface area (Å²) in [6.07, 6.45) is 1.95. The number of nitrogens with zero attached hydrogens (tertiary/aromatic N) is 1. The first-order valence-corrected chi connectivity index (χ1v) is 3.72. The number of fused-ring (bicyclic) bond motifs is 1. The maximum Gasteiger partial charge on any atom is 0.237 e. The van der Waals surface area contributed by atoms with Crippen LogP contribution < -0.4 is 10.1 Å². The smallest absolute Gasteiger partial charge is 0.237 e. The largest absolute Gasteiger partial charge is 0.471 e. The van der Waals surface area contributed by atoms with E-state index in [0.717, 1.165) is 12.2 Å². The predicted molar refractivity (Wildman–Crippen MR) is 42.8 cm³/mol. The number of rotatable bonds is 0. The number of anilines is 1. The summed E-state index contributed by atoms with van der Waals surface area (Å²) in [7, 11) is 0. The average molecular weight is 150 g/mol. The molecule has 1 N–H and O–H groups in total. The third-order valence-corrected chi connectivity index (χ3v) is 1.66. The van der Waals surface area contributed by atoms with E-state index in [0.29, 0.717) is 5.88 Å². The van der Waals surface area contributed by atoms with E-state index < -0.39 is 0 Å². The summed E-state index contributed by atoms with van der Waals surface area (Å²) in [5, 5.41) is 3.22. The van der Waals surface area contributed by atoms with Crippen molar-refractivity contribution in [1.29, 1.82) is 0 Å². The highest BCUT2D eigenvalue weighted by molar-refractivity contribution is 5.53. The Balaban J connectivity index is 2.34. The van der Waals surface area contributed by atoms with Crippen molar-refractivity contribution in [1.82, 2.24) is 4.98 Å². The van der Waals surface area contributed by atoms with Crippen molar-refractivity contribution in [3.05, 3.63) is 18.3 Å². The van der Waals surface area contributed by atoms with E-state index in [9.17, 15) is 0 Å². The Morgan fingerprint density at radius 1 is 1.73 bits per heavy atom. The minimum absolute atomic E-state index is 0.220. The highest BCUT2D eigenvalue weighted by Gasteiger charge is 2.14. The summed E-state index contributed by atoms with van der Waals surface area (Å²) in [5.41, 5.74) is 0.991. The Morgan fingerprint density at radius 2 is 2.64 bits per heavy atom. The first kappa shape index (κ1) is 6.46. The summed E-state index contributed by atoms with van der Waals surface area (Å²) in [5.74, 6) is 0.714. The van der Waals surface area contributed by atoms with Gasteiger partial charge < -0.3 is 10.1 Å². The normalized spacial score (nSPS) is 21.4. The van der Waals surface area contributed by atoms with Gasteiger partial charge in [0.25, 0.3) is 0 Å². The van der Waals surface area contributed by atoms with Crippen LogP contribution in [0.4, 0.5) is 5.69 Å². The van der Waals surface area contributed by atoms with Crippen LogP contribution in [-0.2, 0) is 0 Å². The molecule has 1 atom stereocenters. The quantitative estimate of drug-likeness (QED) is 0.604. The SMILES string of the molecule is C[C@@H]1CNc2cccnc2O1. The minimum Gasteiger partial charge on any atom is -0.471 e. The van der Waals surface area contributed by atoms with Crippen LogP contribution in [0.15, 0.2) is 18.3 Å². The summed E-state index contributed by atoms with van der Waals surface area (Å²) < 4.78 is 5.46. The zero-order valence-corrected chi connectivity index (χ0v) is 6.37. The van der Waals surface area contributed by atoms with Crippen LogP contribution in [0.25, 0.3) is 0 Å². The Kier molecular flexibility index (Phi) is 1.42. The van der Waals surface area contributed by atoms with Crippen LogP contribution >= 0.6 is 0 Å². The van der Waals surface area contributed by atoms with E-state index in [4.69, 9.17) is 4.74 Å². The second-order valence-corrected chi connectivity index (χ2v) is 2.67. The van der Waals surface area contributed by atoms with E-state index in [1.807, 2.05) is 19.1 Å². The van der Waals surface area contributed by atoms with E-state index in [1.54, 1.807) is 6.20 Å². The van der Waals surface area contributed by atoms with Crippen molar-refractivity contribution in [3.8, 4) is 5.88 Å². The second kappa shape index (κ2) is 2.42. The number of aromatic nitrogens is 1. The van der Waals surface area contributed by atoms with Crippen molar-refractivity contribution < 1.29 is 4.74 Å². The number of ether oxygens (including phenoxy) is 1. The van der Waals surface area contributed by atoms with Crippen molar-refractivity contribution in [2.24, 2.45) is 0 Å². The molecule has 2 heterocycles. The molecule has 0 fully saturated rings. The molecule has 3 nitrogen and oxygen atoms in total. The monoisotopic (exact) mass is 150 g/mol. The Morgan fingerprint density at radius 3 is 3.55 bits per heavy atom. The van der Waals surface area contributed by atoms with E-state index in [2.05, 4.69) is 10.3 Å². The molecule has 0 unspecified atom stereocenters. The van der Waals surface area contributed by atoms with Crippen molar-refractivity contribution in [2.45, 2.75) is 13.0 Å². The zero-order valence-electron chi connectivity index (χ0n) is 6.37. The Bertz CT molecular complexity index is 262. The first-order chi connectivity index (χ1) is 5.36. The lowest BCUT2D eigenvalue weighted by molar-refractivity contribution is 0.216. The van der Waals surface area contributed by atoms with Crippen LogP contribution in [0.5, 0.6) is 5.88 Å². The van der Waals surface area contributed by atoms with Crippen LogP contribution in [-0.4, -0.2) is 17.6 Å². The zero-order chi connectivity index (χ0) is 7.68. The highest BCUT2D eigenvalue weighted by Crippen LogP contribution is 2.24. The Labute approximate surface area is 65.4 Å². The topological polar surface area (TPSA) is 34.2 Å². The van der Waals surface area contributed by atoms with Gasteiger partial charge in [-0.3, -0.25) is 0 Å². The van der Waals surface area contributed by atoms with Crippen molar-refractivity contribution >= 4 is 5.69 Å². The molecule has 1 aliphatic heterocycles. The maximum atomic E-state index is 5.46. The number of hydrogen-bond donors (Lipinski definition) is 1. The van der Waals surface area contributed by atoms with Crippen LogP contribution in [0, 0.1) is 0 Å². The number of nitrogens with one attached hydrogen (secondary N) is 1. The molecule has 0 spiro atoms. The molecular formula is C8H10N2O. The van der Waals surface area contributed by atoms with Gasteiger partial charge in [-0.2, -0.15) is 0 Å². The number of pyridine rings is 1. The molecule has 1 aromatic rings. The molecule has 0 bridgehead atoms. The van der Waals surface area contributed by atoms with Gasteiger partial charge in [-0.15, -0.1) is 0 Å². The van der Waals surface area contributed by atoms with Gasteiger partial charge in [0.15, 0.2) is 0 Å². The first-order valence-electron chi connectivity index (χ1n) is 3.72. The van der Waals surface area contributed by atoms with Gasteiger partial charge in [0.05, 0.1) is 12.2 Å². The number of hydrogen-bond acceptors (Lipinski definition) is 3. The molecule has 11 heavy (non-hydrogen) atoms. The lowest BCUT2D eigenvalue weighted by Crippen LogP contribution is -2.28. The molecule has 0 saturated carbocycles. The van der Waals surface area contributed by atoms with Gasteiger partial charge >= 0.3 is 0 Å². The highest BCUT2D eigenvalue weighted by atomic mass is 16.5. The molecule has 1 aromatic heterocycles. The molecule has 0 amide bonds. The van der Waals surface area contributed by atoms with Gasteiger partial charge in [-0.25, -0.2) is 4.98 Å². The molecule has 1 aliphatic rings. The molecule has 58 valence electrons. The lowest BCUT2D eigenvalue weighted by atomic mass is 10.3. The summed E-state index contributed by atoms with van der Waals surface area (Å²) >= 11 is 0. The lowest BCUT2D eigenvalue weighted by Gasteiger charge is -2.22. The van der Waals surface area contributed by atoms with E-state index in [-0.39, 0.29) is 6.10 Å². The minimum atomic E-state index is 0.220. The fourth-order valence-corrected chi connectivity index (χ4v) is 1.11. The van der Waals surface area contributed by atoms with Gasteiger partial charge in [-0.05, 0) is 19.1 Å². The molecule has 0 saturated heterocycles. The molecular weight excluding hydrogens is 140 g/mol. The third kappa shape index (κ3) is 1.13. The van der Waals surface area contributed by atoms with Gasteiger partial charge in [0.1, 0.15) is 6.10 Å². The molecule has 0 aliphatic carbocycles. The summed E-state index contributed by atoms with van der Waals surface area (Å²) in [6.45, 7) is 2.88.